The predicted molar refractivity (Wildman–Crippen MR) is 125 cm³/mol. The first kappa shape index (κ1) is 21.8. The van der Waals surface area contributed by atoms with Gasteiger partial charge in [-0.2, -0.15) is 0 Å². The Balaban J connectivity index is 1.34. The van der Waals surface area contributed by atoms with Crippen LogP contribution in [0.4, 0.5) is 0 Å². The summed E-state index contributed by atoms with van der Waals surface area (Å²) in [7, 11) is 0. The number of rotatable bonds is 6. The van der Waals surface area contributed by atoms with Gasteiger partial charge in [0.1, 0.15) is 0 Å². The Labute approximate surface area is 185 Å². The van der Waals surface area contributed by atoms with Crippen molar-refractivity contribution in [2.24, 2.45) is 5.92 Å². The molecule has 0 aliphatic carbocycles. The minimum Gasteiger partial charge on any atom is -0.353 e. The van der Waals surface area contributed by atoms with Crippen LogP contribution in [-0.2, 0) is 4.79 Å². The van der Waals surface area contributed by atoms with Gasteiger partial charge in [0, 0.05) is 37.8 Å². The predicted octanol–water partition coefficient (Wildman–Crippen LogP) is 4.07. The summed E-state index contributed by atoms with van der Waals surface area (Å²) < 4.78 is 0. The van der Waals surface area contributed by atoms with E-state index in [1.54, 1.807) is 0 Å². The molecule has 2 fully saturated rings. The number of amides is 2. The molecule has 2 aliphatic rings. The van der Waals surface area contributed by atoms with E-state index in [-0.39, 0.29) is 23.8 Å². The SMILES string of the molecule is CCCCN1CCC(NC(=O)C2CCCN(C(=O)c3cccc4ccccc34)C2)CC1. The van der Waals surface area contributed by atoms with Gasteiger partial charge in [-0.15, -0.1) is 0 Å². The lowest BCUT2D eigenvalue weighted by molar-refractivity contribution is -0.127. The molecule has 1 atom stereocenters. The monoisotopic (exact) mass is 421 g/mol. The third-order valence-corrected chi connectivity index (χ3v) is 6.86. The van der Waals surface area contributed by atoms with Crippen LogP contribution in [0.2, 0.25) is 0 Å². The molecule has 1 N–H and O–H groups in total. The molecule has 2 heterocycles. The van der Waals surface area contributed by atoms with Crippen LogP contribution in [0.15, 0.2) is 42.5 Å². The molecule has 0 spiro atoms. The highest BCUT2D eigenvalue weighted by Gasteiger charge is 2.31. The van der Waals surface area contributed by atoms with Crippen molar-refractivity contribution >= 4 is 22.6 Å². The largest absolute Gasteiger partial charge is 0.353 e. The van der Waals surface area contributed by atoms with Gasteiger partial charge in [-0.25, -0.2) is 0 Å². The fourth-order valence-corrected chi connectivity index (χ4v) is 4.96. The maximum Gasteiger partial charge on any atom is 0.254 e. The summed E-state index contributed by atoms with van der Waals surface area (Å²) in [5.74, 6) is 0.0618. The van der Waals surface area contributed by atoms with Gasteiger partial charge in [0.05, 0.1) is 5.92 Å². The van der Waals surface area contributed by atoms with Crippen LogP contribution < -0.4 is 5.32 Å². The highest BCUT2D eigenvalue weighted by molar-refractivity contribution is 6.07. The van der Waals surface area contributed by atoms with Crippen molar-refractivity contribution in [3.8, 4) is 0 Å². The van der Waals surface area contributed by atoms with Gasteiger partial charge in [0.25, 0.3) is 5.91 Å². The lowest BCUT2D eigenvalue weighted by Crippen LogP contribution is -2.50. The summed E-state index contributed by atoms with van der Waals surface area (Å²) >= 11 is 0. The topological polar surface area (TPSA) is 52.7 Å². The summed E-state index contributed by atoms with van der Waals surface area (Å²) in [6.07, 6.45) is 6.28. The average molecular weight is 422 g/mol. The van der Waals surface area contributed by atoms with E-state index in [1.807, 2.05) is 47.4 Å². The molecule has 2 aliphatic heterocycles. The summed E-state index contributed by atoms with van der Waals surface area (Å²) in [6.45, 7) is 6.78. The third-order valence-electron chi connectivity index (χ3n) is 6.86. The van der Waals surface area contributed by atoms with Gasteiger partial charge in [-0.05, 0) is 55.5 Å². The fourth-order valence-electron chi connectivity index (χ4n) is 4.96. The Bertz CT molecular complexity index is 899. The maximum atomic E-state index is 13.3. The van der Waals surface area contributed by atoms with Gasteiger partial charge in [0.15, 0.2) is 0 Å². The molecule has 2 amide bonds. The Hall–Kier alpha value is -2.40. The number of fused-ring (bicyclic) bond motifs is 1. The molecule has 2 aromatic rings. The second-order valence-electron chi connectivity index (χ2n) is 9.10. The van der Waals surface area contributed by atoms with Crippen LogP contribution in [0.25, 0.3) is 10.8 Å². The molecule has 166 valence electrons. The van der Waals surface area contributed by atoms with Crippen molar-refractivity contribution in [2.75, 3.05) is 32.7 Å². The molecule has 5 nitrogen and oxygen atoms in total. The number of nitrogens with zero attached hydrogens (tertiary/aromatic N) is 2. The Morgan fingerprint density at radius 3 is 2.58 bits per heavy atom. The van der Waals surface area contributed by atoms with Gasteiger partial charge in [-0.3, -0.25) is 9.59 Å². The number of hydrogen-bond acceptors (Lipinski definition) is 3. The zero-order valence-electron chi connectivity index (χ0n) is 18.7. The normalized spacial score (nSPS) is 20.7. The lowest BCUT2D eigenvalue weighted by atomic mass is 9.94. The molecule has 0 saturated carbocycles. The molecular formula is C26H35N3O2. The van der Waals surface area contributed by atoms with Crippen molar-refractivity contribution < 1.29 is 9.59 Å². The van der Waals surface area contributed by atoms with E-state index in [1.165, 1.54) is 19.4 Å². The van der Waals surface area contributed by atoms with Crippen LogP contribution in [0.1, 0.15) is 55.8 Å². The fraction of sp³-hybridized carbons (Fsp3) is 0.538. The van der Waals surface area contributed by atoms with Crippen LogP contribution in [-0.4, -0.2) is 60.4 Å². The van der Waals surface area contributed by atoms with Crippen LogP contribution >= 0.6 is 0 Å². The number of likely N-dealkylation sites (tertiary alicyclic amines) is 2. The molecule has 2 aromatic carbocycles. The lowest BCUT2D eigenvalue weighted by Gasteiger charge is -2.35. The molecule has 0 aromatic heterocycles. The average Bonchev–Trinajstić information content (AvgIpc) is 2.83. The number of nitrogens with one attached hydrogen (secondary N) is 1. The van der Waals surface area contributed by atoms with Crippen molar-refractivity contribution in [1.82, 2.24) is 15.1 Å². The summed E-state index contributed by atoms with van der Waals surface area (Å²) in [4.78, 5) is 30.6. The number of carbonyl (C=O) groups excluding carboxylic acids is 2. The van der Waals surface area contributed by atoms with E-state index in [0.717, 1.165) is 61.7 Å². The zero-order chi connectivity index (χ0) is 21.6. The van der Waals surface area contributed by atoms with E-state index in [4.69, 9.17) is 0 Å². The summed E-state index contributed by atoms with van der Waals surface area (Å²) in [5.41, 5.74) is 0.735. The minimum atomic E-state index is -0.106. The van der Waals surface area contributed by atoms with E-state index in [9.17, 15) is 9.59 Å². The Morgan fingerprint density at radius 2 is 1.77 bits per heavy atom. The summed E-state index contributed by atoms with van der Waals surface area (Å²) in [5, 5.41) is 5.35. The first-order chi connectivity index (χ1) is 15.2. The van der Waals surface area contributed by atoms with Crippen molar-refractivity contribution in [2.45, 2.75) is 51.5 Å². The molecule has 5 heteroatoms. The van der Waals surface area contributed by atoms with Gasteiger partial charge in [0.2, 0.25) is 5.91 Å². The second-order valence-corrected chi connectivity index (χ2v) is 9.10. The maximum absolute atomic E-state index is 13.3. The van der Waals surface area contributed by atoms with Gasteiger partial charge >= 0.3 is 0 Å². The highest BCUT2D eigenvalue weighted by atomic mass is 16.2. The van der Waals surface area contributed by atoms with Crippen molar-refractivity contribution in [3.63, 3.8) is 0 Å². The first-order valence-electron chi connectivity index (χ1n) is 12.0. The molecule has 31 heavy (non-hydrogen) atoms. The molecule has 1 unspecified atom stereocenters. The Morgan fingerprint density at radius 1 is 1.00 bits per heavy atom. The van der Waals surface area contributed by atoms with Crippen LogP contribution in [0.5, 0.6) is 0 Å². The summed E-state index contributed by atoms with van der Waals surface area (Å²) in [6, 6.07) is 14.2. The van der Waals surface area contributed by atoms with Crippen molar-refractivity contribution in [1.29, 1.82) is 0 Å². The number of hydrogen-bond donors (Lipinski definition) is 1. The van der Waals surface area contributed by atoms with E-state index in [0.29, 0.717) is 6.54 Å². The number of benzene rings is 2. The molecule has 0 bridgehead atoms. The van der Waals surface area contributed by atoms with Crippen LogP contribution in [0, 0.1) is 5.92 Å². The highest BCUT2D eigenvalue weighted by Crippen LogP contribution is 2.24. The van der Waals surface area contributed by atoms with Crippen molar-refractivity contribution in [3.05, 3.63) is 48.0 Å². The quantitative estimate of drug-likeness (QED) is 0.765. The van der Waals surface area contributed by atoms with Gasteiger partial charge in [-0.1, -0.05) is 49.7 Å². The van der Waals surface area contributed by atoms with E-state index in [2.05, 4.69) is 17.1 Å². The van der Waals surface area contributed by atoms with Gasteiger partial charge < -0.3 is 15.1 Å². The number of carbonyl (C=O) groups is 2. The molecule has 2 saturated heterocycles. The molecular weight excluding hydrogens is 386 g/mol. The molecule has 4 rings (SSSR count). The zero-order valence-corrected chi connectivity index (χ0v) is 18.7. The third kappa shape index (κ3) is 5.27. The van der Waals surface area contributed by atoms with Crippen LogP contribution in [0.3, 0.4) is 0 Å². The first-order valence-corrected chi connectivity index (χ1v) is 12.0. The number of piperidine rings is 2. The minimum absolute atomic E-state index is 0.0403. The number of unbranched alkanes of at least 4 members (excludes halogenated alkanes) is 1. The van der Waals surface area contributed by atoms with E-state index >= 15 is 0 Å². The smallest absolute Gasteiger partial charge is 0.254 e. The standard InChI is InChI=1S/C26H35N3O2/c1-2-3-15-28-17-13-22(14-18-28)27-25(30)21-10-7-16-29(19-21)26(31)24-12-6-9-20-8-4-5-11-23(20)24/h4-6,8-9,11-12,21-22H,2-3,7,10,13-19H2,1H3,(H,27,30). The Kier molecular flexibility index (Phi) is 7.23. The second kappa shape index (κ2) is 10.3. The molecule has 0 radical (unpaired) electrons. The van der Waals surface area contributed by atoms with E-state index < -0.39 is 0 Å².